The maximum atomic E-state index is 11.3. The lowest BCUT2D eigenvalue weighted by Crippen LogP contribution is -2.21. The highest BCUT2D eigenvalue weighted by Crippen LogP contribution is 2.41. The van der Waals surface area contributed by atoms with Crippen molar-refractivity contribution in [2.24, 2.45) is 5.41 Å². The van der Waals surface area contributed by atoms with Gasteiger partial charge in [-0.1, -0.05) is 49.8 Å². The summed E-state index contributed by atoms with van der Waals surface area (Å²) in [5, 5.41) is 19.9. The zero-order valence-corrected chi connectivity index (χ0v) is 15.5. The summed E-state index contributed by atoms with van der Waals surface area (Å²) >= 11 is 0. The van der Waals surface area contributed by atoms with E-state index in [1.807, 2.05) is 6.08 Å². The lowest BCUT2D eigenvalue weighted by atomic mass is 9.72. The number of allylic oxidation sites excluding steroid dienone is 3. The van der Waals surface area contributed by atoms with Crippen LogP contribution in [0.3, 0.4) is 0 Å². The number of aromatic carboxylic acids is 1. The fourth-order valence-electron chi connectivity index (χ4n) is 3.41. The molecule has 0 aromatic heterocycles. The Hall–Kier alpha value is -2.13. The van der Waals surface area contributed by atoms with Crippen LogP contribution < -0.4 is 0 Å². The minimum atomic E-state index is -1.15. The zero-order valence-electron chi connectivity index (χ0n) is 15.5. The molecule has 1 aliphatic rings. The molecule has 0 heterocycles. The molecule has 1 aromatic rings. The molecule has 2 rings (SSSR count). The van der Waals surface area contributed by atoms with Gasteiger partial charge in [0.05, 0.1) is 11.2 Å². The van der Waals surface area contributed by atoms with Gasteiger partial charge in [-0.15, -0.1) is 0 Å². The standard InChI is InChI=1S/C22H28O3/c1-16-8-7-13-21(2,3)19(16)12-15-22(4,25)14-11-17-9-5-6-10-18(17)20(23)24/h5-6,9-12,14-15,25H,7-8,13H2,1-4H3,(H,23,24)/b14-11-,15-12+. The van der Waals surface area contributed by atoms with E-state index in [0.717, 1.165) is 12.8 Å². The van der Waals surface area contributed by atoms with Gasteiger partial charge in [0.15, 0.2) is 0 Å². The van der Waals surface area contributed by atoms with E-state index < -0.39 is 11.6 Å². The minimum absolute atomic E-state index is 0.120. The van der Waals surface area contributed by atoms with Crippen molar-refractivity contribution >= 4 is 12.0 Å². The maximum Gasteiger partial charge on any atom is 0.336 e. The average molecular weight is 340 g/mol. The van der Waals surface area contributed by atoms with E-state index in [0.29, 0.717) is 5.56 Å². The predicted octanol–water partition coefficient (Wildman–Crippen LogP) is 5.23. The molecule has 0 saturated heterocycles. The lowest BCUT2D eigenvalue weighted by molar-refractivity contribution is 0.0696. The van der Waals surface area contributed by atoms with Crippen LogP contribution in [0.15, 0.2) is 53.6 Å². The quantitative estimate of drug-likeness (QED) is 0.771. The van der Waals surface area contributed by atoms with Crippen molar-refractivity contribution in [3.63, 3.8) is 0 Å². The molecule has 1 aliphatic carbocycles. The van der Waals surface area contributed by atoms with Crippen LogP contribution in [0.1, 0.15) is 62.9 Å². The van der Waals surface area contributed by atoms with Crippen LogP contribution in [0.25, 0.3) is 6.08 Å². The van der Waals surface area contributed by atoms with Gasteiger partial charge in [-0.05, 0) is 67.9 Å². The number of carboxylic acids is 1. The van der Waals surface area contributed by atoms with Gasteiger partial charge in [0, 0.05) is 0 Å². The molecule has 1 atom stereocenters. The summed E-state index contributed by atoms with van der Waals surface area (Å²) in [5.41, 5.74) is 2.45. The molecule has 134 valence electrons. The molecular formula is C22H28O3. The highest BCUT2D eigenvalue weighted by molar-refractivity contribution is 5.92. The van der Waals surface area contributed by atoms with Crippen molar-refractivity contribution in [1.29, 1.82) is 0 Å². The van der Waals surface area contributed by atoms with Crippen LogP contribution in [-0.2, 0) is 0 Å². The zero-order chi connectivity index (χ0) is 18.7. The molecule has 1 unspecified atom stereocenters. The van der Waals surface area contributed by atoms with Gasteiger partial charge in [0.25, 0.3) is 0 Å². The molecule has 25 heavy (non-hydrogen) atoms. The number of rotatable bonds is 5. The van der Waals surface area contributed by atoms with Crippen LogP contribution in [0.2, 0.25) is 0 Å². The minimum Gasteiger partial charge on any atom is -0.478 e. The van der Waals surface area contributed by atoms with E-state index in [4.69, 9.17) is 0 Å². The Labute approximate surface area is 150 Å². The summed E-state index contributed by atoms with van der Waals surface area (Å²) in [5.74, 6) is -0.972. The number of carbonyl (C=O) groups is 1. The first-order valence-corrected chi connectivity index (χ1v) is 8.76. The molecule has 0 aliphatic heterocycles. The highest BCUT2D eigenvalue weighted by Gasteiger charge is 2.27. The molecule has 0 spiro atoms. The van der Waals surface area contributed by atoms with Crippen LogP contribution in [0.5, 0.6) is 0 Å². The second-order valence-electron chi connectivity index (χ2n) is 7.72. The number of hydrogen-bond donors (Lipinski definition) is 2. The smallest absolute Gasteiger partial charge is 0.336 e. The third-order valence-electron chi connectivity index (χ3n) is 4.92. The monoisotopic (exact) mass is 340 g/mol. The fraction of sp³-hybridized carbons (Fsp3) is 0.409. The molecule has 1 aromatic carbocycles. The van der Waals surface area contributed by atoms with Crippen LogP contribution in [-0.4, -0.2) is 21.8 Å². The first-order valence-electron chi connectivity index (χ1n) is 8.76. The Kier molecular flexibility index (Phi) is 5.69. The number of carboxylic acid groups (broad SMARTS) is 1. The molecule has 0 amide bonds. The third-order valence-corrected chi connectivity index (χ3v) is 4.92. The number of benzene rings is 1. The largest absolute Gasteiger partial charge is 0.478 e. The van der Waals surface area contributed by atoms with Gasteiger partial charge < -0.3 is 10.2 Å². The van der Waals surface area contributed by atoms with E-state index in [2.05, 4.69) is 20.8 Å². The number of aliphatic hydroxyl groups is 1. The van der Waals surface area contributed by atoms with Gasteiger partial charge >= 0.3 is 5.97 Å². The normalized spacial score (nSPS) is 20.2. The Balaban J connectivity index is 2.24. The molecular weight excluding hydrogens is 312 g/mol. The highest BCUT2D eigenvalue weighted by atomic mass is 16.4. The summed E-state index contributed by atoms with van der Waals surface area (Å²) in [6.07, 6.45) is 10.6. The molecule has 0 bridgehead atoms. The van der Waals surface area contributed by atoms with Gasteiger partial charge in [-0.25, -0.2) is 4.79 Å². The van der Waals surface area contributed by atoms with Crippen molar-refractivity contribution in [2.45, 2.75) is 52.6 Å². The summed E-state index contributed by atoms with van der Waals surface area (Å²) in [6, 6.07) is 6.77. The van der Waals surface area contributed by atoms with Gasteiger partial charge in [0.2, 0.25) is 0 Å². The third kappa shape index (κ3) is 4.93. The predicted molar refractivity (Wildman–Crippen MR) is 103 cm³/mol. The molecule has 3 nitrogen and oxygen atoms in total. The average Bonchev–Trinajstić information content (AvgIpc) is 2.52. The maximum absolute atomic E-state index is 11.3. The van der Waals surface area contributed by atoms with E-state index in [1.54, 1.807) is 49.4 Å². The van der Waals surface area contributed by atoms with Crippen LogP contribution in [0, 0.1) is 5.41 Å². The lowest BCUT2D eigenvalue weighted by Gasteiger charge is -2.33. The van der Waals surface area contributed by atoms with Gasteiger partial charge in [0.1, 0.15) is 0 Å². The Morgan fingerprint density at radius 3 is 2.48 bits per heavy atom. The van der Waals surface area contributed by atoms with Crippen molar-refractivity contribution in [1.82, 2.24) is 0 Å². The topological polar surface area (TPSA) is 57.5 Å². The van der Waals surface area contributed by atoms with Crippen LogP contribution in [0.4, 0.5) is 0 Å². The first-order chi connectivity index (χ1) is 11.6. The summed E-state index contributed by atoms with van der Waals surface area (Å²) in [6.45, 7) is 8.34. The second kappa shape index (κ2) is 7.40. The molecule has 3 heteroatoms. The van der Waals surface area contributed by atoms with E-state index >= 15 is 0 Å². The van der Waals surface area contributed by atoms with Crippen molar-refractivity contribution in [3.8, 4) is 0 Å². The Morgan fingerprint density at radius 1 is 1.20 bits per heavy atom. The van der Waals surface area contributed by atoms with Crippen LogP contribution >= 0.6 is 0 Å². The Morgan fingerprint density at radius 2 is 1.84 bits per heavy atom. The van der Waals surface area contributed by atoms with Crippen molar-refractivity contribution in [3.05, 3.63) is 64.8 Å². The van der Waals surface area contributed by atoms with Gasteiger partial charge in [-0.3, -0.25) is 0 Å². The molecule has 0 saturated carbocycles. The summed E-state index contributed by atoms with van der Waals surface area (Å²) < 4.78 is 0. The fourth-order valence-corrected chi connectivity index (χ4v) is 3.41. The van der Waals surface area contributed by atoms with E-state index in [1.165, 1.54) is 17.6 Å². The number of hydrogen-bond acceptors (Lipinski definition) is 2. The summed E-state index contributed by atoms with van der Waals surface area (Å²) in [4.78, 5) is 11.3. The molecule has 2 N–H and O–H groups in total. The second-order valence-corrected chi connectivity index (χ2v) is 7.72. The van der Waals surface area contributed by atoms with Gasteiger partial charge in [-0.2, -0.15) is 0 Å². The van der Waals surface area contributed by atoms with E-state index in [9.17, 15) is 15.0 Å². The van der Waals surface area contributed by atoms with Crippen molar-refractivity contribution < 1.29 is 15.0 Å². The SMILES string of the molecule is CC1=C(/C=C/C(C)(O)/C=C\c2ccccc2C(=O)O)C(C)(C)CCC1. The van der Waals surface area contributed by atoms with E-state index in [-0.39, 0.29) is 11.0 Å². The van der Waals surface area contributed by atoms with Crippen molar-refractivity contribution in [2.75, 3.05) is 0 Å². The summed E-state index contributed by atoms with van der Waals surface area (Å²) in [7, 11) is 0. The Bertz CT molecular complexity index is 733. The molecule has 0 fully saturated rings. The first kappa shape index (κ1) is 19.2. The molecule has 0 radical (unpaired) electrons.